The van der Waals surface area contributed by atoms with Crippen molar-refractivity contribution in [3.63, 3.8) is 0 Å². The van der Waals surface area contributed by atoms with Crippen LogP contribution in [-0.2, 0) is 9.59 Å². The van der Waals surface area contributed by atoms with Gasteiger partial charge in [0.1, 0.15) is 0 Å². The Balaban J connectivity index is 1.69. The first-order valence-corrected chi connectivity index (χ1v) is 8.90. The third-order valence-electron chi connectivity index (χ3n) is 4.97. The molecule has 0 radical (unpaired) electrons. The Kier molecular flexibility index (Phi) is 5.52. The van der Waals surface area contributed by atoms with Crippen molar-refractivity contribution in [2.45, 2.75) is 32.4 Å². The predicted molar refractivity (Wildman–Crippen MR) is 91.7 cm³/mol. The Hall–Kier alpha value is -2.06. The van der Waals surface area contributed by atoms with Gasteiger partial charge in [-0.15, -0.1) is 0 Å². The minimum Gasteiger partial charge on any atom is -0.348 e. The molecule has 0 saturated carbocycles. The topological polar surface area (TPSA) is 73.5 Å². The molecule has 142 valence electrons. The van der Waals surface area contributed by atoms with Gasteiger partial charge in [-0.05, 0) is 30.0 Å². The van der Waals surface area contributed by atoms with E-state index >= 15 is 0 Å². The number of carbonyl (C=O) groups excluding carboxylic acids is 2. The van der Waals surface area contributed by atoms with Crippen LogP contribution in [0.5, 0.6) is 0 Å². The van der Waals surface area contributed by atoms with Gasteiger partial charge in [-0.1, -0.05) is 19.9 Å². The van der Waals surface area contributed by atoms with Crippen molar-refractivity contribution in [2.24, 2.45) is 11.8 Å². The molecule has 6 nitrogen and oxygen atoms in total. The lowest BCUT2D eigenvalue weighted by Crippen LogP contribution is -2.52. The SMILES string of the molecule is CC(C)CNC(=O)C(=O)N1CCC2NNC(c3ccc(F)c(F)c3)C2C1. The van der Waals surface area contributed by atoms with Crippen LogP contribution in [-0.4, -0.2) is 42.4 Å². The van der Waals surface area contributed by atoms with E-state index in [0.29, 0.717) is 31.6 Å². The summed E-state index contributed by atoms with van der Waals surface area (Å²) in [6.07, 6.45) is 0.682. The van der Waals surface area contributed by atoms with E-state index in [2.05, 4.69) is 16.2 Å². The van der Waals surface area contributed by atoms with Crippen molar-refractivity contribution in [1.82, 2.24) is 21.1 Å². The van der Waals surface area contributed by atoms with Crippen LogP contribution in [0.2, 0.25) is 0 Å². The average molecular weight is 366 g/mol. The number of fused-ring (bicyclic) bond motifs is 1. The van der Waals surface area contributed by atoms with Crippen LogP contribution in [0.3, 0.4) is 0 Å². The average Bonchev–Trinajstić information content (AvgIpc) is 3.04. The monoisotopic (exact) mass is 366 g/mol. The summed E-state index contributed by atoms with van der Waals surface area (Å²) >= 11 is 0. The second-order valence-corrected chi connectivity index (χ2v) is 7.35. The van der Waals surface area contributed by atoms with Gasteiger partial charge in [0, 0.05) is 31.6 Å². The molecule has 3 N–H and O–H groups in total. The van der Waals surface area contributed by atoms with Gasteiger partial charge in [-0.25, -0.2) is 14.2 Å². The molecule has 0 spiro atoms. The first-order chi connectivity index (χ1) is 12.4. The molecule has 8 heteroatoms. The summed E-state index contributed by atoms with van der Waals surface area (Å²) in [5.41, 5.74) is 6.89. The Morgan fingerprint density at radius 2 is 2.04 bits per heavy atom. The molecular weight excluding hydrogens is 342 g/mol. The lowest BCUT2D eigenvalue weighted by molar-refractivity contribution is -0.147. The number of nitrogens with zero attached hydrogens (tertiary/aromatic N) is 1. The zero-order valence-corrected chi connectivity index (χ0v) is 14.9. The normalized spacial score (nSPS) is 25.3. The number of halogens is 2. The molecule has 0 aromatic heterocycles. The number of nitrogens with one attached hydrogen (secondary N) is 3. The van der Waals surface area contributed by atoms with E-state index in [-0.39, 0.29) is 23.9 Å². The molecular formula is C18H24F2N4O2. The lowest BCUT2D eigenvalue weighted by atomic mass is 9.85. The second kappa shape index (κ2) is 7.67. The van der Waals surface area contributed by atoms with Crippen molar-refractivity contribution in [3.8, 4) is 0 Å². The Bertz CT molecular complexity index is 698. The molecule has 3 unspecified atom stereocenters. The largest absolute Gasteiger partial charge is 0.348 e. The third kappa shape index (κ3) is 3.86. The fraction of sp³-hybridized carbons (Fsp3) is 0.556. The predicted octanol–water partition coefficient (Wildman–Crippen LogP) is 1.10. The molecule has 2 aliphatic heterocycles. The molecule has 1 aromatic carbocycles. The summed E-state index contributed by atoms with van der Waals surface area (Å²) in [7, 11) is 0. The highest BCUT2D eigenvalue weighted by atomic mass is 19.2. The van der Waals surface area contributed by atoms with Gasteiger partial charge in [0.15, 0.2) is 11.6 Å². The Morgan fingerprint density at radius 1 is 1.27 bits per heavy atom. The van der Waals surface area contributed by atoms with Crippen molar-refractivity contribution < 1.29 is 18.4 Å². The first kappa shape index (κ1) is 18.7. The number of hydrogen-bond donors (Lipinski definition) is 3. The van der Waals surface area contributed by atoms with E-state index in [4.69, 9.17) is 0 Å². The molecule has 2 fully saturated rings. The molecule has 2 heterocycles. The number of likely N-dealkylation sites (tertiary alicyclic amines) is 1. The number of benzene rings is 1. The number of hydrogen-bond acceptors (Lipinski definition) is 4. The van der Waals surface area contributed by atoms with Gasteiger partial charge in [0.2, 0.25) is 0 Å². The van der Waals surface area contributed by atoms with E-state index in [0.717, 1.165) is 6.07 Å². The van der Waals surface area contributed by atoms with Crippen LogP contribution in [0.1, 0.15) is 31.9 Å². The summed E-state index contributed by atoms with van der Waals surface area (Å²) < 4.78 is 26.8. The van der Waals surface area contributed by atoms with Crippen molar-refractivity contribution in [3.05, 3.63) is 35.4 Å². The van der Waals surface area contributed by atoms with Crippen molar-refractivity contribution in [1.29, 1.82) is 0 Å². The number of hydrazine groups is 1. The summed E-state index contributed by atoms with van der Waals surface area (Å²) in [5.74, 6) is -2.70. The molecule has 2 aliphatic rings. The summed E-state index contributed by atoms with van der Waals surface area (Å²) in [5, 5.41) is 2.64. The van der Waals surface area contributed by atoms with Crippen LogP contribution in [0.15, 0.2) is 18.2 Å². The van der Waals surface area contributed by atoms with E-state index < -0.39 is 23.4 Å². The highest BCUT2D eigenvalue weighted by molar-refractivity contribution is 6.35. The van der Waals surface area contributed by atoms with Gasteiger partial charge >= 0.3 is 11.8 Å². The molecule has 2 amide bonds. The second-order valence-electron chi connectivity index (χ2n) is 7.35. The molecule has 3 rings (SSSR count). The first-order valence-electron chi connectivity index (χ1n) is 8.90. The standard InChI is InChI=1S/C18H24F2N4O2/c1-10(2)8-21-17(25)18(26)24-6-5-15-12(9-24)16(23-22-15)11-3-4-13(19)14(20)7-11/h3-4,7,10,12,15-16,22-23H,5-6,8-9H2,1-2H3,(H,21,25). The van der Waals surface area contributed by atoms with Gasteiger partial charge in [-0.2, -0.15) is 0 Å². The fourth-order valence-corrected chi connectivity index (χ4v) is 3.54. The fourth-order valence-electron chi connectivity index (χ4n) is 3.54. The maximum atomic E-state index is 13.6. The smallest absolute Gasteiger partial charge is 0.311 e. The third-order valence-corrected chi connectivity index (χ3v) is 4.97. The van der Waals surface area contributed by atoms with Crippen molar-refractivity contribution >= 4 is 11.8 Å². The molecule has 0 bridgehead atoms. The summed E-state index contributed by atoms with van der Waals surface area (Å²) in [6.45, 7) is 5.22. The minimum atomic E-state index is -0.899. The molecule has 1 aromatic rings. The van der Waals surface area contributed by atoms with E-state index in [9.17, 15) is 18.4 Å². The molecule has 2 saturated heterocycles. The van der Waals surface area contributed by atoms with E-state index in [1.807, 2.05) is 13.8 Å². The Labute approximate surface area is 151 Å². The zero-order chi connectivity index (χ0) is 18.8. The van der Waals surface area contributed by atoms with E-state index in [1.165, 1.54) is 12.1 Å². The Morgan fingerprint density at radius 3 is 2.73 bits per heavy atom. The maximum Gasteiger partial charge on any atom is 0.311 e. The molecule has 26 heavy (non-hydrogen) atoms. The highest BCUT2D eigenvalue weighted by Gasteiger charge is 2.42. The van der Waals surface area contributed by atoms with Gasteiger partial charge in [0.05, 0.1) is 6.04 Å². The maximum absolute atomic E-state index is 13.6. The van der Waals surface area contributed by atoms with E-state index in [1.54, 1.807) is 4.90 Å². The van der Waals surface area contributed by atoms with Crippen LogP contribution in [0, 0.1) is 23.5 Å². The van der Waals surface area contributed by atoms with Gasteiger partial charge in [0.25, 0.3) is 0 Å². The highest BCUT2D eigenvalue weighted by Crippen LogP contribution is 2.34. The van der Waals surface area contributed by atoms with Crippen LogP contribution in [0.4, 0.5) is 8.78 Å². The van der Waals surface area contributed by atoms with Gasteiger partial charge < -0.3 is 10.2 Å². The molecule has 3 atom stereocenters. The minimum absolute atomic E-state index is 0.0320. The summed E-state index contributed by atoms with van der Waals surface area (Å²) in [6, 6.07) is 3.66. The number of amides is 2. The number of piperidine rings is 1. The zero-order valence-electron chi connectivity index (χ0n) is 14.9. The number of rotatable bonds is 3. The quantitative estimate of drug-likeness (QED) is 0.701. The number of carbonyl (C=O) groups is 2. The van der Waals surface area contributed by atoms with Crippen LogP contribution >= 0.6 is 0 Å². The van der Waals surface area contributed by atoms with Gasteiger partial charge in [-0.3, -0.25) is 15.0 Å². The van der Waals surface area contributed by atoms with Crippen LogP contribution < -0.4 is 16.2 Å². The van der Waals surface area contributed by atoms with Crippen LogP contribution in [0.25, 0.3) is 0 Å². The summed E-state index contributed by atoms with van der Waals surface area (Å²) in [4.78, 5) is 26.0. The molecule has 0 aliphatic carbocycles. The van der Waals surface area contributed by atoms with Crippen molar-refractivity contribution in [2.75, 3.05) is 19.6 Å². The lowest BCUT2D eigenvalue weighted by Gasteiger charge is -2.35.